The number of aryl methyl sites for hydroxylation is 4. The van der Waals surface area contributed by atoms with Crippen LogP contribution in [-0.4, -0.2) is 45.6 Å². The van der Waals surface area contributed by atoms with Gasteiger partial charge < -0.3 is 25.4 Å². The zero-order chi connectivity index (χ0) is 32.2. The number of ether oxygens (including phenoxy) is 1. The van der Waals surface area contributed by atoms with Gasteiger partial charge in [-0.25, -0.2) is 4.79 Å². The van der Waals surface area contributed by atoms with E-state index in [0.717, 1.165) is 58.3 Å². The van der Waals surface area contributed by atoms with Gasteiger partial charge in [0.25, 0.3) is 5.91 Å². The van der Waals surface area contributed by atoms with Gasteiger partial charge in [-0.1, -0.05) is 54.1 Å². The lowest BCUT2D eigenvalue weighted by atomic mass is 9.86. The van der Waals surface area contributed by atoms with Gasteiger partial charge in [0.15, 0.2) is 0 Å². The van der Waals surface area contributed by atoms with Gasteiger partial charge in [0.05, 0.1) is 0 Å². The van der Waals surface area contributed by atoms with E-state index in [1.54, 1.807) is 49.9 Å². The van der Waals surface area contributed by atoms with Crippen molar-refractivity contribution >= 4 is 23.6 Å². The molecule has 44 heavy (non-hydrogen) atoms. The maximum atomic E-state index is 14.8. The smallest absolute Gasteiger partial charge is 0.408 e. The highest BCUT2D eigenvalue weighted by Crippen LogP contribution is 2.36. The van der Waals surface area contributed by atoms with Crippen LogP contribution in [0.15, 0.2) is 60.7 Å². The van der Waals surface area contributed by atoms with Gasteiger partial charge in [-0.15, -0.1) is 0 Å². The number of hydrogen-bond acceptors (Lipinski definition) is 5. The summed E-state index contributed by atoms with van der Waals surface area (Å²) in [6.07, 6.45) is 1.88. The minimum absolute atomic E-state index is 0.103. The van der Waals surface area contributed by atoms with E-state index in [-0.39, 0.29) is 30.0 Å². The third-order valence-electron chi connectivity index (χ3n) is 8.07. The molecule has 0 bridgehead atoms. The molecule has 0 heterocycles. The van der Waals surface area contributed by atoms with Crippen molar-refractivity contribution in [3.05, 3.63) is 94.0 Å². The van der Waals surface area contributed by atoms with E-state index in [2.05, 4.69) is 10.6 Å². The second-order valence-corrected chi connectivity index (χ2v) is 12.9. The topological polar surface area (TPSA) is 108 Å². The number of phenols is 1. The van der Waals surface area contributed by atoms with E-state index >= 15 is 0 Å². The Hall–Kier alpha value is -4.33. The summed E-state index contributed by atoms with van der Waals surface area (Å²) in [7, 11) is 0. The van der Waals surface area contributed by atoms with Crippen LogP contribution in [0.5, 0.6) is 5.75 Å². The number of hydrogen-bond donors (Lipinski definition) is 3. The van der Waals surface area contributed by atoms with Crippen molar-refractivity contribution in [2.45, 2.75) is 97.9 Å². The first-order chi connectivity index (χ1) is 20.7. The number of benzene rings is 3. The highest BCUT2D eigenvalue weighted by molar-refractivity contribution is 6.00. The molecule has 3 aromatic carbocycles. The molecule has 4 rings (SSSR count). The predicted octanol–water partition coefficient (Wildman–Crippen LogP) is 6.82. The van der Waals surface area contributed by atoms with Gasteiger partial charge >= 0.3 is 6.09 Å². The highest BCUT2D eigenvalue weighted by atomic mass is 16.6. The first-order valence-electron chi connectivity index (χ1n) is 15.3. The summed E-state index contributed by atoms with van der Waals surface area (Å²) < 4.78 is 5.55. The summed E-state index contributed by atoms with van der Waals surface area (Å²) in [5.74, 6) is -0.570. The number of nitrogens with zero attached hydrogens (tertiary/aromatic N) is 1. The first kappa shape index (κ1) is 32.6. The van der Waals surface area contributed by atoms with Crippen LogP contribution >= 0.6 is 0 Å². The second kappa shape index (κ2) is 13.5. The molecule has 1 aliphatic rings. The lowest BCUT2D eigenvalue weighted by molar-refractivity contribution is -0.145. The molecule has 8 heteroatoms. The number of amides is 3. The summed E-state index contributed by atoms with van der Waals surface area (Å²) in [6, 6.07) is 16.2. The molecule has 3 N–H and O–H groups in total. The molecular weight excluding hydrogens is 554 g/mol. The molecule has 234 valence electrons. The fraction of sp³-hybridized carbons (Fsp3) is 0.417. The molecule has 0 radical (unpaired) electrons. The minimum Gasteiger partial charge on any atom is -0.508 e. The van der Waals surface area contributed by atoms with Crippen molar-refractivity contribution in [2.24, 2.45) is 0 Å². The summed E-state index contributed by atoms with van der Waals surface area (Å²) in [5, 5.41) is 15.8. The van der Waals surface area contributed by atoms with Crippen LogP contribution in [-0.2, 0) is 20.7 Å². The molecule has 1 saturated carbocycles. The number of carbonyl (C=O) groups excluding carboxylic acids is 3. The van der Waals surface area contributed by atoms with Gasteiger partial charge in [-0.2, -0.15) is 0 Å². The zero-order valence-electron chi connectivity index (χ0n) is 26.9. The van der Waals surface area contributed by atoms with Crippen molar-refractivity contribution in [3.8, 4) is 5.75 Å². The predicted molar refractivity (Wildman–Crippen MR) is 173 cm³/mol. The fourth-order valence-corrected chi connectivity index (χ4v) is 5.56. The first-order valence-corrected chi connectivity index (χ1v) is 15.3. The van der Waals surface area contributed by atoms with Crippen LogP contribution in [0.4, 0.5) is 10.5 Å². The molecule has 0 aromatic heterocycles. The van der Waals surface area contributed by atoms with E-state index in [1.165, 1.54) is 0 Å². The Kier molecular flexibility index (Phi) is 10.0. The van der Waals surface area contributed by atoms with Crippen molar-refractivity contribution in [3.63, 3.8) is 0 Å². The monoisotopic (exact) mass is 599 g/mol. The molecule has 1 fully saturated rings. The Balaban J connectivity index is 1.80. The summed E-state index contributed by atoms with van der Waals surface area (Å²) in [5.41, 5.74) is 5.17. The fourth-order valence-electron chi connectivity index (χ4n) is 5.56. The standard InChI is InChI=1S/C36H45N3O5/c1-22-14-15-23(2)29(20-22)32(33(41)38-31-24(3)10-8-11-25(31)4)39(27-12-9-13-27)34(42)30(37-35(43)44-36(5,6)7)21-26-16-18-28(40)19-17-26/h8,10-11,14-20,27,30,32,40H,9,12-13,21H2,1-7H3,(H,37,43)(H,38,41). The normalized spacial score (nSPS) is 14.6. The number of rotatable bonds is 9. The maximum Gasteiger partial charge on any atom is 0.408 e. The molecule has 3 aromatic rings. The van der Waals surface area contributed by atoms with Crippen molar-refractivity contribution < 1.29 is 24.2 Å². The van der Waals surface area contributed by atoms with E-state index in [9.17, 15) is 19.5 Å². The number of anilines is 1. The molecule has 0 spiro atoms. The summed E-state index contributed by atoms with van der Waals surface area (Å²) in [4.78, 5) is 44.0. The van der Waals surface area contributed by atoms with Gasteiger partial charge in [0.2, 0.25) is 5.91 Å². The average molecular weight is 600 g/mol. The van der Waals surface area contributed by atoms with Gasteiger partial charge in [-0.3, -0.25) is 9.59 Å². The lowest BCUT2D eigenvalue weighted by Gasteiger charge is -2.44. The largest absolute Gasteiger partial charge is 0.508 e. The Labute approximate surface area is 260 Å². The van der Waals surface area contributed by atoms with Crippen LogP contribution in [0.2, 0.25) is 0 Å². The van der Waals surface area contributed by atoms with Crippen LogP contribution in [0, 0.1) is 27.7 Å². The Morgan fingerprint density at radius 1 is 0.932 bits per heavy atom. The quantitative estimate of drug-likeness (QED) is 0.250. The average Bonchev–Trinajstić information content (AvgIpc) is 2.90. The second-order valence-electron chi connectivity index (χ2n) is 12.9. The van der Waals surface area contributed by atoms with Gasteiger partial charge in [-0.05, 0) is 108 Å². The lowest BCUT2D eigenvalue weighted by Crippen LogP contribution is -2.57. The van der Waals surface area contributed by atoms with E-state index < -0.39 is 23.8 Å². The van der Waals surface area contributed by atoms with E-state index in [0.29, 0.717) is 0 Å². The molecule has 3 amide bonds. The Morgan fingerprint density at radius 2 is 1.57 bits per heavy atom. The van der Waals surface area contributed by atoms with Crippen molar-refractivity contribution in [2.75, 3.05) is 5.32 Å². The number of carbonyl (C=O) groups is 3. The van der Waals surface area contributed by atoms with Gasteiger partial charge in [0.1, 0.15) is 23.4 Å². The number of phenolic OH excluding ortho intramolecular Hbond substituents is 1. The van der Waals surface area contributed by atoms with Crippen LogP contribution < -0.4 is 10.6 Å². The maximum absolute atomic E-state index is 14.8. The molecule has 1 aliphatic carbocycles. The number of alkyl carbamates (subject to hydrolysis) is 1. The van der Waals surface area contributed by atoms with Gasteiger partial charge in [0, 0.05) is 18.2 Å². The SMILES string of the molecule is Cc1ccc(C)c(C(C(=O)Nc2c(C)cccc2C)N(C(=O)C(Cc2ccc(O)cc2)NC(=O)OC(C)(C)C)C2CCC2)c1. The van der Waals surface area contributed by atoms with E-state index in [4.69, 9.17) is 4.74 Å². The highest BCUT2D eigenvalue weighted by Gasteiger charge is 2.42. The van der Waals surface area contributed by atoms with Crippen LogP contribution in [0.3, 0.4) is 0 Å². The third-order valence-corrected chi connectivity index (χ3v) is 8.07. The number of nitrogens with one attached hydrogen (secondary N) is 2. The molecule has 0 saturated heterocycles. The van der Waals surface area contributed by atoms with Crippen molar-refractivity contribution in [1.82, 2.24) is 10.2 Å². The van der Waals surface area contributed by atoms with E-state index in [1.807, 2.05) is 64.1 Å². The molecule has 0 aliphatic heterocycles. The summed E-state index contributed by atoms with van der Waals surface area (Å²) >= 11 is 0. The third kappa shape index (κ3) is 7.98. The van der Waals surface area contributed by atoms with Crippen LogP contribution in [0.1, 0.15) is 79.5 Å². The molecule has 2 atom stereocenters. The minimum atomic E-state index is -1.02. The molecular formula is C36H45N3O5. The summed E-state index contributed by atoms with van der Waals surface area (Å²) in [6.45, 7) is 13.1. The van der Waals surface area contributed by atoms with Crippen LogP contribution in [0.25, 0.3) is 0 Å². The number of para-hydroxylation sites is 1. The Morgan fingerprint density at radius 3 is 2.14 bits per heavy atom. The Bertz CT molecular complexity index is 1480. The number of aromatic hydroxyl groups is 1. The molecule has 2 unspecified atom stereocenters. The van der Waals surface area contributed by atoms with Crippen molar-refractivity contribution in [1.29, 1.82) is 0 Å². The molecule has 8 nitrogen and oxygen atoms in total. The zero-order valence-corrected chi connectivity index (χ0v) is 26.9.